The molecule has 2 heterocycles. The highest BCUT2D eigenvalue weighted by Crippen LogP contribution is 2.42. The van der Waals surface area contributed by atoms with Gasteiger partial charge in [-0.2, -0.15) is 0 Å². The normalized spacial score (nSPS) is 11.8. The first-order valence-electron chi connectivity index (χ1n) is 13.5. The fourth-order valence-corrected chi connectivity index (χ4v) is 6.20. The summed E-state index contributed by atoms with van der Waals surface area (Å²) >= 11 is 0. The molecule has 3 heteroatoms. The quantitative estimate of drug-likeness (QED) is 0.227. The number of pyridine rings is 1. The van der Waals surface area contributed by atoms with Gasteiger partial charge in [0.05, 0.1) is 22.2 Å². The van der Waals surface area contributed by atoms with Gasteiger partial charge in [-0.1, -0.05) is 97.9 Å². The van der Waals surface area contributed by atoms with Crippen molar-refractivity contribution in [2.75, 3.05) is 0 Å². The van der Waals surface area contributed by atoms with Gasteiger partial charge >= 0.3 is 0 Å². The molecule has 39 heavy (non-hydrogen) atoms. The van der Waals surface area contributed by atoms with E-state index in [1.807, 2.05) is 6.07 Å². The van der Waals surface area contributed by atoms with E-state index in [2.05, 4.69) is 127 Å². The van der Waals surface area contributed by atoms with Crippen molar-refractivity contribution in [1.82, 2.24) is 14.5 Å². The van der Waals surface area contributed by atoms with E-state index in [4.69, 9.17) is 9.97 Å². The van der Waals surface area contributed by atoms with E-state index >= 15 is 0 Å². The van der Waals surface area contributed by atoms with Crippen molar-refractivity contribution < 1.29 is 0 Å². The first-order chi connectivity index (χ1) is 19.3. The lowest BCUT2D eigenvalue weighted by atomic mass is 9.90. The van der Waals surface area contributed by atoms with Gasteiger partial charge in [0, 0.05) is 33.8 Å². The Labute approximate surface area is 226 Å². The molecule has 3 nitrogen and oxygen atoms in total. The van der Waals surface area contributed by atoms with Crippen molar-refractivity contribution in [3.8, 4) is 16.9 Å². The fourth-order valence-electron chi connectivity index (χ4n) is 6.20. The van der Waals surface area contributed by atoms with Gasteiger partial charge < -0.3 is 0 Å². The first-order valence-corrected chi connectivity index (χ1v) is 13.5. The van der Waals surface area contributed by atoms with Gasteiger partial charge in [0.15, 0.2) is 0 Å². The van der Waals surface area contributed by atoms with Crippen LogP contribution in [0.3, 0.4) is 0 Å². The van der Waals surface area contributed by atoms with Crippen LogP contribution in [0, 0.1) is 0 Å². The highest BCUT2D eigenvalue weighted by atomic mass is 15.1. The second-order valence-corrected chi connectivity index (χ2v) is 10.1. The summed E-state index contributed by atoms with van der Waals surface area (Å²) in [4.78, 5) is 10.2. The molecule has 0 atom stereocenters. The number of aromatic nitrogens is 3. The Bertz CT molecular complexity index is 2200. The van der Waals surface area contributed by atoms with Gasteiger partial charge in [0.2, 0.25) is 0 Å². The summed E-state index contributed by atoms with van der Waals surface area (Å²) < 4.78 is 2.27. The summed E-state index contributed by atoms with van der Waals surface area (Å²) in [6, 6.07) is 43.2. The van der Waals surface area contributed by atoms with E-state index in [9.17, 15) is 0 Å². The number of fused-ring (bicyclic) bond motifs is 9. The largest absolute Gasteiger partial charge is 0.296 e. The predicted molar refractivity (Wildman–Crippen MR) is 164 cm³/mol. The standard InChI is InChI=1S/C36H25N3/c1-2-33-37-31-17-9-10-18-32(31)39(33)24-21-19-23(20-22-24)36-35-28-14-6-4-12-26(28)25-11-3-5-13-27(25)34(35)29-15-7-8-16-30(29)38-36/h3-22H,2H2,1H3. The highest BCUT2D eigenvalue weighted by Gasteiger charge is 2.18. The average molecular weight is 500 g/mol. The Hall–Kier alpha value is -5.02. The third-order valence-corrected chi connectivity index (χ3v) is 7.92. The molecule has 0 bridgehead atoms. The summed E-state index contributed by atoms with van der Waals surface area (Å²) in [5.41, 5.74) is 6.41. The summed E-state index contributed by atoms with van der Waals surface area (Å²) in [5, 5.41) is 8.69. The molecule has 0 spiro atoms. The Morgan fingerprint density at radius 1 is 0.513 bits per heavy atom. The lowest BCUT2D eigenvalue weighted by molar-refractivity contribution is 0.908. The zero-order valence-electron chi connectivity index (χ0n) is 21.6. The molecular formula is C36H25N3. The molecule has 6 aromatic carbocycles. The molecule has 8 aromatic rings. The molecule has 0 amide bonds. The van der Waals surface area contributed by atoms with E-state index < -0.39 is 0 Å². The number of para-hydroxylation sites is 3. The Balaban J connectivity index is 1.45. The Morgan fingerprint density at radius 2 is 1.08 bits per heavy atom. The predicted octanol–water partition coefficient (Wildman–Crippen LogP) is 9.26. The van der Waals surface area contributed by atoms with Crippen LogP contribution in [0.1, 0.15) is 12.7 Å². The molecular weight excluding hydrogens is 474 g/mol. The molecule has 2 aromatic heterocycles. The van der Waals surface area contributed by atoms with Gasteiger partial charge in [-0.3, -0.25) is 4.57 Å². The van der Waals surface area contributed by atoms with E-state index in [0.717, 1.165) is 45.7 Å². The Morgan fingerprint density at radius 3 is 1.77 bits per heavy atom. The molecule has 0 N–H and O–H groups in total. The second-order valence-electron chi connectivity index (χ2n) is 10.1. The number of hydrogen-bond donors (Lipinski definition) is 0. The maximum absolute atomic E-state index is 5.29. The molecule has 0 aliphatic heterocycles. The van der Waals surface area contributed by atoms with Crippen LogP contribution in [0.25, 0.3) is 71.2 Å². The lowest BCUT2D eigenvalue weighted by Gasteiger charge is -2.16. The number of benzene rings is 6. The zero-order chi connectivity index (χ0) is 25.9. The zero-order valence-corrected chi connectivity index (χ0v) is 21.6. The van der Waals surface area contributed by atoms with E-state index in [1.165, 1.54) is 37.7 Å². The molecule has 184 valence electrons. The minimum atomic E-state index is 0.867. The van der Waals surface area contributed by atoms with Crippen LogP contribution in [-0.2, 0) is 6.42 Å². The van der Waals surface area contributed by atoms with Crippen molar-refractivity contribution in [2.45, 2.75) is 13.3 Å². The third-order valence-electron chi connectivity index (χ3n) is 7.92. The molecule has 8 rings (SSSR count). The molecule has 0 saturated carbocycles. The minimum Gasteiger partial charge on any atom is -0.296 e. The third kappa shape index (κ3) is 3.23. The van der Waals surface area contributed by atoms with Crippen LogP contribution < -0.4 is 0 Å². The smallest absolute Gasteiger partial charge is 0.114 e. The van der Waals surface area contributed by atoms with Crippen LogP contribution in [0.5, 0.6) is 0 Å². The average Bonchev–Trinajstić information content (AvgIpc) is 3.39. The molecule has 0 fully saturated rings. The number of nitrogens with zero attached hydrogens (tertiary/aromatic N) is 3. The summed E-state index contributed by atoms with van der Waals surface area (Å²) in [7, 11) is 0. The fraction of sp³-hybridized carbons (Fsp3) is 0.0556. The first kappa shape index (κ1) is 22.0. The van der Waals surface area contributed by atoms with Gasteiger partial charge in [-0.15, -0.1) is 0 Å². The van der Waals surface area contributed by atoms with Gasteiger partial charge in [0.25, 0.3) is 0 Å². The van der Waals surface area contributed by atoms with Crippen LogP contribution in [0.4, 0.5) is 0 Å². The van der Waals surface area contributed by atoms with Crippen LogP contribution >= 0.6 is 0 Å². The monoisotopic (exact) mass is 499 g/mol. The van der Waals surface area contributed by atoms with E-state index in [1.54, 1.807) is 0 Å². The topological polar surface area (TPSA) is 30.7 Å². The van der Waals surface area contributed by atoms with Crippen molar-refractivity contribution in [3.05, 3.63) is 127 Å². The van der Waals surface area contributed by atoms with Gasteiger partial charge in [0.1, 0.15) is 5.82 Å². The summed E-state index contributed by atoms with van der Waals surface area (Å²) in [6.07, 6.45) is 0.867. The maximum Gasteiger partial charge on any atom is 0.114 e. The SMILES string of the molecule is CCc1nc2ccccc2n1-c1ccc(-c2nc3ccccc3c3c4ccccc4c4ccccc4c23)cc1. The lowest BCUT2D eigenvalue weighted by Crippen LogP contribution is -2.00. The summed E-state index contributed by atoms with van der Waals surface area (Å²) in [5.74, 6) is 1.07. The number of rotatable bonds is 3. The van der Waals surface area contributed by atoms with Crippen LogP contribution in [-0.4, -0.2) is 14.5 Å². The molecule has 0 unspecified atom stereocenters. The van der Waals surface area contributed by atoms with Crippen LogP contribution in [0.15, 0.2) is 121 Å². The van der Waals surface area contributed by atoms with E-state index in [0.29, 0.717) is 0 Å². The summed E-state index contributed by atoms with van der Waals surface area (Å²) in [6.45, 7) is 2.16. The molecule has 0 saturated heterocycles. The number of aryl methyl sites for hydroxylation is 1. The maximum atomic E-state index is 5.29. The highest BCUT2D eigenvalue weighted by molar-refractivity contribution is 6.33. The van der Waals surface area contributed by atoms with Crippen molar-refractivity contribution >= 4 is 54.3 Å². The van der Waals surface area contributed by atoms with E-state index in [-0.39, 0.29) is 0 Å². The molecule has 0 aliphatic rings. The van der Waals surface area contributed by atoms with Gasteiger partial charge in [-0.25, -0.2) is 9.97 Å². The second kappa shape index (κ2) is 8.50. The molecule has 0 aliphatic carbocycles. The molecule has 0 radical (unpaired) electrons. The van der Waals surface area contributed by atoms with Crippen molar-refractivity contribution in [1.29, 1.82) is 0 Å². The van der Waals surface area contributed by atoms with Crippen LogP contribution in [0.2, 0.25) is 0 Å². The Kier molecular flexibility index (Phi) is 4.80. The number of imidazole rings is 1. The van der Waals surface area contributed by atoms with Gasteiger partial charge in [-0.05, 0) is 51.9 Å². The van der Waals surface area contributed by atoms with Crippen molar-refractivity contribution in [3.63, 3.8) is 0 Å². The minimum absolute atomic E-state index is 0.867. The number of hydrogen-bond acceptors (Lipinski definition) is 2. The van der Waals surface area contributed by atoms with Crippen molar-refractivity contribution in [2.24, 2.45) is 0 Å².